The van der Waals surface area contributed by atoms with E-state index in [0.717, 1.165) is 54.4 Å². The van der Waals surface area contributed by atoms with Gasteiger partial charge in [-0.2, -0.15) is 4.99 Å². The first-order valence-electron chi connectivity index (χ1n) is 15.6. The molecule has 2 aromatic carbocycles. The average molecular weight is 606 g/mol. The molecule has 3 aliphatic heterocycles. The summed E-state index contributed by atoms with van der Waals surface area (Å²) in [7, 11) is 0. The summed E-state index contributed by atoms with van der Waals surface area (Å²) in [5.74, 6) is 0.359. The van der Waals surface area contributed by atoms with Crippen molar-refractivity contribution in [3.63, 3.8) is 0 Å². The van der Waals surface area contributed by atoms with Gasteiger partial charge >= 0.3 is 6.09 Å². The van der Waals surface area contributed by atoms with Crippen LogP contribution in [-0.2, 0) is 20.8 Å². The van der Waals surface area contributed by atoms with Crippen molar-refractivity contribution >= 4 is 11.9 Å². The van der Waals surface area contributed by atoms with E-state index in [4.69, 9.17) is 23.9 Å². The number of hydrogen-bond donors (Lipinski definition) is 2. The molecule has 0 spiro atoms. The highest BCUT2D eigenvalue weighted by Crippen LogP contribution is 2.49. The second-order valence-electron chi connectivity index (χ2n) is 12.8. The summed E-state index contributed by atoms with van der Waals surface area (Å²) >= 11 is 0. The number of aromatic hydroxyl groups is 1. The topological polar surface area (TPSA) is 113 Å². The van der Waals surface area contributed by atoms with Crippen LogP contribution in [-0.4, -0.2) is 82.2 Å². The zero-order chi connectivity index (χ0) is 31.0. The van der Waals surface area contributed by atoms with E-state index in [1.165, 1.54) is 13.8 Å². The Hall–Kier alpha value is -3.76. The third-order valence-corrected chi connectivity index (χ3v) is 8.80. The summed E-state index contributed by atoms with van der Waals surface area (Å²) in [6, 6.07) is 11.8. The molecule has 1 unspecified atom stereocenters. The third-order valence-electron chi connectivity index (χ3n) is 8.80. The van der Waals surface area contributed by atoms with Crippen molar-refractivity contribution in [2.24, 2.45) is 4.99 Å². The number of fused-ring (bicyclic) bond motifs is 2. The maximum Gasteiger partial charge on any atom is 0.412 e. The van der Waals surface area contributed by atoms with Crippen LogP contribution in [0.1, 0.15) is 74.1 Å². The smallest absolute Gasteiger partial charge is 0.412 e. The number of ether oxygens (including phenoxy) is 4. The minimum atomic E-state index is -1.55. The number of benzene rings is 2. The van der Waals surface area contributed by atoms with Crippen molar-refractivity contribution in [2.45, 2.75) is 89.4 Å². The third kappa shape index (κ3) is 6.66. The Morgan fingerprint density at radius 1 is 1.09 bits per heavy atom. The van der Waals surface area contributed by atoms with Crippen molar-refractivity contribution < 1.29 is 34.0 Å². The number of piperazine rings is 1. The highest BCUT2D eigenvalue weighted by molar-refractivity contribution is 6.02. The normalized spacial score (nSPS) is 22.3. The number of phenolic OH excluding ortho intramolecular Hbond substituents is 1. The van der Waals surface area contributed by atoms with Gasteiger partial charge in [0.05, 0.1) is 25.3 Å². The van der Waals surface area contributed by atoms with E-state index in [0.29, 0.717) is 50.4 Å². The number of phenols is 1. The lowest BCUT2D eigenvalue weighted by Crippen LogP contribution is -2.52. The Morgan fingerprint density at radius 3 is 2.41 bits per heavy atom. The minimum Gasteiger partial charge on any atom is -0.504 e. The summed E-state index contributed by atoms with van der Waals surface area (Å²) in [4.78, 5) is 21.8. The fourth-order valence-corrected chi connectivity index (χ4v) is 6.44. The number of rotatable bonds is 9. The summed E-state index contributed by atoms with van der Waals surface area (Å²) in [6.07, 6.45) is 3.77. The Kier molecular flexibility index (Phi) is 8.48. The van der Waals surface area contributed by atoms with Gasteiger partial charge in [0.25, 0.3) is 0 Å². The van der Waals surface area contributed by atoms with Crippen LogP contribution in [0.5, 0.6) is 11.5 Å². The Balaban J connectivity index is 1.34. The van der Waals surface area contributed by atoms with E-state index in [-0.39, 0.29) is 29.9 Å². The number of carbonyl (C=O) groups excluding carboxylic acids is 1. The van der Waals surface area contributed by atoms with Crippen molar-refractivity contribution in [2.75, 3.05) is 26.3 Å². The number of carbonyl (C=O) groups is 1. The summed E-state index contributed by atoms with van der Waals surface area (Å²) in [5, 5.41) is 21.5. The lowest BCUT2D eigenvalue weighted by molar-refractivity contribution is -0.140. The zero-order valence-corrected chi connectivity index (χ0v) is 25.8. The molecule has 44 heavy (non-hydrogen) atoms. The quantitative estimate of drug-likeness (QED) is 0.174. The number of likely N-dealkylation sites (tertiary alicyclic amines) is 2. The average Bonchev–Trinajstić information content (AvgIpc) is 3.62. The molecular formula is C34H43N3O7. The first-order chi connectivity index (χ1) is 21.1. The molecule has 6 rings (SSSR count). The van der Waals surface area contributed by atoms with Crippen molar-refractivity contribution in [3.05, 3.63) is 71.1 Å². The van der Waals surface area contributed by atoms with E-state index in [2.05, 4.69) is 11.5 Å². The fraction of sp³-hybridized carbons (Fsp3) is 0.529. The van der Waals surface area contributed by atoms with Crippen LogP contribution in [0.2, 0.25) is 0 Å². The molecule has 2 atom stereocenters. The van der Waals surface area contributed by atoms with E-state index >= 15 is 0 Å². The lowest BCUT2D eigenvalue weighted by atomic mass is 9.97. The van der Waals surface area contributed by atoms with Crippen LogP contribution < -0.4 is 4.74 Å². The Labute approximate surface area is 258 Å². The van der Waals surface area contributed by atoms with Crippen LogP contribution in [0.15, 0.2) is 53.9 Å². The maximum absolute atomic E-state index is 12.9. The van der Waals surface area contributed by atoms with Crippen molar-refractivity contribution in [1.29, 1.82) is 0 Å². The van der Waals surface area contributed by atoms with Crippen LogP contribution in [0.25, 0.3) is 0 Å². The molecule has 236 valence electrons. The molecule has 2 aromatic rings. The molecule has 1 saturated carbocycles. The number of aliphatic imine (C=N–C) groups is 1. The summed E-state index contributed by atoms with van der Waals surface area (Å²) in [5.41, 5.74) is 3.49. The van der Waals surface area contributed by atoms with Crippen LogP contribution in [0.3, 0.4) is 0 Å². The van der Waals surface area contributed by atoms with Crippen molar-refractivity contribution in [1.82, 2.24) is 9.80 Å². The Bertz CT molecular complexity index is 1410. The van der Waals surface area contributed by atoms with Gasteiger partial charge in [0, 0.05) is 56.5 Å². The molecule has 0 aromatic heterocycles. The largest absolute Gasteiger partial charge is 0.504 e. The highest BCUT2D eigenvalue weighted by atomic mass is 16.7. The number of aliphatic hydroxyl groups is 1. The number of amidine groups is 1. The predicted molar refractivity (Wildman–Crippen MR) is 165 cm³/mol. The van der Waals surface area contributed by atoms with Gasteiger partial charge < -0.3 is 39.0 Å². The van der Waals surface area contributed by atoms with Gasteiger partial charge in [-0.15, -0.1) is 0 Å². The molecule has 0 radical (unpaired) electrons. The fourth-order valence-electron chi connectivity index (χ4n) is 6.44. The zero-order valence-electron chi connectivity index (χ0n) is 25.8. The lowest BCUT2D eigenvalue weighted by Gasteiger charge is -2.37. The molecule has 1 amide bonds. The number of hydrogen-bond acceptors (Lipinski definition) is 8. The molecule has 4 aliphatic rings. The van der Waals surface area contributed by atoms with E-state index in [9.17, 15) is 15.0 Å². The highest BCUT2D eigenvalue weighted by Gasteiger charge is 2.48. The number of nitrogens with zero attached hydrogens (tertiary/aromatic N) is 3. The molecule has 3 heterocycles. The predicted octanol–water partition coefficient (Wildman–Crippen LogP) is 5.19. The monoisotopic (exact) mass is 605 g/mol. The van der Waals surface area contributed by atoms with Gasteiger partial charge in [-0.05, 0) is 50.3 Å². The number of amides is 1. The van der Waals surface area contributed by atoms with E-state index in [1.807, 2.05) is 43.3 Å². The molecule has 2 bridgehead atoms. The first-order valence-corrected chi connectivity index (χ1v) is 15.6. The molecule has 10 nitrogen and oxygen atoms in total. The van der Waals surface area contributed by atoms with Crippen LogP contribution >= 0.6 is 0 Å². The minimum absolute atomic E-state index is 0.0175. The first kappa shape index (κ1) is 30.3. The summed E-state index contributed by atoms with van der Waals surface area (Å²) in [6.45, 7) is 11.6. The van der Waals surface area contributed by atoms with E-state index in [1.54, 1.807) is 4.90 Å². The molecular weight excluding hydrogens is 562 g/mol. The van der Waals surface area contributed by atoms with Gasteiger partial charge in [0.2, 0.25) is 11.7 Å². The second kappa shape index (κ2) is 12.3. The van der Waals surface area contributed by atoms with Gasteiger partial charge in [0.15, 0.2) is 11.5 Å². The molecule has 2 N–H and O–H groups in total. The SMILES string of the molecule is C=C(/N=C(\c1cc(C2CC2)c(O)c(OCc2ccccc2)c1C)N1C[C@@H]2CC1CN2C(=O)OC(C)(C)O)OC1CCOCC1. The van der Waals surface area contributed by atoms with Gasteiger partial charge in [-0.3, -0.25) is 0 Å². The Morgan fingerprint density at radius 2 is 1.77 bits per heavy atom. The summed E-state index contributed by atoms with van der Waals surface area (Å²) < 4.78 is 23.3. The van der Waals surface area contributed by atoms with Crippen LogP contribution in [0, 0.1) is 6.92 Å². The maximum atomic E-state index is 12.9. The van der Waals surface area contributed by atoms with Crippen molar-refractivity contribution in [3.8, 4) is 11.5 Å². The molecule has 3 saturated heterocycles. The molecule has 1 aliphatic carbocycles. The van der Waals surface area contributed by atoms with Gasteiger partial charge in [-0.1, -0.05) is 30.3 Å². The van der Waals surface area contributed by atoms with Gasteiger partial charge in [-0.25, -0.2) is 4.79 Å². The van der Waals surface area contributed by atoms with Crippen LogP contribution in [0.4, 0.5) is 4.79 Å². The molecule has 4 fully saturated rings. The standard InChI is InChI=1S/C34H43N3O7/c1-21-28(17-29(24-10-11-24)30(38)31(21)42-20-23-8-6-5-7-9-23)32(35-22(2)43-27-12-14-41-15-13-27)36-18-26-16-25(36)19-37(26)33(39)44-34(3,4)40/h5-9,17,24-27,38,40H,2,10-16,18-20H2,1,3-4H3/b35-32+/t25?,26-/m0/s1. The van der Waals surface area contributed by atoms with Gasteiger partial charge in [0.1, 0.15) is 18.5 Å². The molecule has 10 heteroatoms. The second-order valence-corrected chi connectivity index (χ2v) is 12.8. The van der Waals surface area contributed by atoms with E-state index < -0.39 is 11.9 Å².